The summed E-state index contributed by atoms with van der Waals surface area (Å²) in [6.07, 6.45) is 4.71. The van der Waals surface area contributed by atoms with Gasteiger partial charge in [0.1, 0.15) is 11.3 Å². The summed E-state index contributed by atoms with van der Waals surface area (Å²) in [4.78, 5) is 32.8. The smallest absolute Gasteiger partial charge is 0.224 e. The van der Waals surface area contributed by atoms with Crippen LogP contribution < -0.4 is 5.32 Å². The van der Waals surface area contributed by atoms with Crippen LogP contribution in [0.3, 0.4) is 0 Å². The molecule has 1 aromatic carbocycles. The van der Waals surface area contributed by atoms with Gasteiger partial charge in [-0.2, -0.15) is 0 Å². The van der Waals surface area contributed by atoms with Gasteiger partial charge in [0.2, 0.25) is 5.91 Å². The van der Waals surface area contributed by atoms with Crippen LogP contribution in [0, 0.1) is 5.92 Å². The Morgan fingerprint density at radius 3 is 2.59 bits per heavy atom. The summed E-state index contributed by atoms with van der Waals surface area (Å²) in [5.74, 6) is 1.56. The van der Waals surface area contributed by atoms with E-state index in [-0.39, 0.29) is 11.7 Å². The topological polar surface area (TPSA) is 76.9 Å². The highest BCUT2D eigenvalue weighted by Crippen LogP contribution is 2.18. The van der Waals surface area contributed by atoms with E-state index in [9.17, 15) is 9.59 Å². The Balaban J connectivity index is 1.59. The number of aryl methyl sites for hydroxylation is 2. The first-order chi connectivity index (χ1) is 13.9. The number of fused-ring (bicyclic) bond motifs is 1. The Bertz CT molecular complexity index is 990. The predicted octanol–water partition coefficient (Wildman–Crippen LogP) is 4.64. The molecule has 1 N–H and O–H groups in total. The third kappa shape index (κ3) is 5.50. The lowest BCUT2D eigenvalue weighted by Gasteiger charge is -2.10. The predicted molar refractivity (Wildman–Crippen MR) is 115 cm³/mol. The second-order valence-corrected chi connectivity index (χ2v) is 7.74. The monoisotopic (exact) mass is 392 g/mol. The molecule has 0 aliphatic rings. The van der Waals surface area contributed by atoms with Crippen LogP contribution in [0.1, 0.15) is 56.2 Å². The number of hydrogen-bond acceptors (Lipinski definition) is 4. The molecule has 2 aromatic heterocycles. The SMILES string of the molecule is CC(=O)c1ccc(NC(=O)CCCc2nc3cccnc3n2CCC(C)C)cc1. The fraction of sp³-hybridized carbons (Fsp3) is 0.391. The molecule has 0 saturated heterocycles. The van der Waals surface area contributed by atoms with Crippen LogP contribution in [-0.4, -0.2) is 26.2 Å². The zero-order chi connectivity index (χ0) is 20.8. The molecule has 0 aliphatic carbocycles. The maximum absolute atomic E-state index is 12.3. The van der Waals surface area contributed by atoms with Crippen molar-refractivity contribution in [3.63, 3.8) is 0 Å². The number of amides is 1. The summed E-state index contributed by atoms with van der Waals surface area (Å²) in [5.41, 5.74) is 3.16. The molecule has 0 saturated carbocycles. The van der Waals surface area contributed by atoms with Gasteiger partial charge in [-0.05, 0) is 62.1 Å². The van der Waals surface area contributed by atoms with Crippen molar-refractivity contribution in [1.29, 1.82) is 0 Å². The molecule has 6 heteroatoms. The minimum absolute atomic E-state index is 0.0118. The summed E-state index contributed by atoms with van der Waals surface area (Å²) in [7, 11) is 0. The molecule has 0 atom stereocenters. The minimum atomic E-state index is -0.0384. The van der Waals surface area contributed by atoms with E-state index in [0.717, 1.165) is 36.4 Å². The molecule has 152 valence electrons. The van der Waals surface area contributed by atoms with E-state index in [2.05, 4.69) is 28.7 Å². The number of benzene rings is 1. The van der Waals surface area contributed by atoms with Crippen molar-refractivity contribution in [2.75, 3.05) is 5.32 Å². The van der Waals surface area contributed by atoms with Crippen LogP contribution >= 0.6 is 0 Å². The first kappa shape index (κ1) is 20.7. The molecule has 3 aromatic rings. The normalized spacial score (nSPS) is 11.2. The Morgan fingerprint density at radius 1 is 1.14 bits per heavy atom. The Morgan fingerprint density at radius 2 is 1.90 bits per heavy atom. The van der Waals surface area contributed by atoms with Gasteiger partial charge < -0.3 is 9.88 Å². The third-order valence-corrected chi connectivity index (χ3v) is 4.89. The molecule has 0 unspecified atom stereocenters. The number of aromatic nitrogens is 3. The summed E-state index contributed by atoms with van der Waals surface area (Å²) in [5, 5.41) is 2.89. The van der Waals surface area contributed by atoms with E-state index in [4.69, 9.17) is 4.98 Å². The van der Waals surface area contributed by atoms with Crippen molar-refractivity contribution in [1.82, 2.24) is 14.5 Å². The number of Topliss-reactive ketones (excluding diaryl/α,β-unsaturated/α-hetero) is 1. The number of carbonyl (C=O) groups excluding carboxylic acids is 2. The highest BCUT2D eigenvalue weighted by Gasteiger charge is 2.13. The van der Waals surface area contributed by atoms with Gasteiger partial charge in [-0.25, -0.2) is 9.97 Å². The number of carbonyl (C=O) groups is 2. The van der Waals surface area contributed by atoms with Crippen molar-refractivity contribution in [2.24, 2.45) is 5.92 Å². The number of hydrogen-bond donors (Lipinski definition) is 1. The zero-order valence-corrected chi connectivity index (χ0v) is 17.3. The van der Waals surface area contributed by atoms with Crippen LogP contribution in [0.25, 0.3) is 11.2 Å². The number of pyridine rings is 1. The minimum Gasteiger partial charge on any atom is -0.326 e. The van der Waals surface area contributed by atoms with E-state index in [1.807, 2.05) is 12.1 Å². The highest BCUT2D eigenvalue weighted by atomic mass is 16.1. The molecule has 0 radical (unpaired) electrons. The van der Waals surface area contributed by atoms with E-state index >= 15 is 0 Å². The second kappa shape index (κ2) is 9.45. The molecular weight excluding hydrogens is 364 g/mol. The lowest BCUT2D eigenvalue weighted by atomic mass is 10.1. The number of rotatable bonds is 9. The fourth-order valence-corrected chi connectivity index (χ4v) is 3.24. The first-order valence-corrected chi connectivity index (χ1v) is 10.1. The third-order valence-electron chi connectivity index (χ3n) is 4.89. The van der Waals surface area contributed by atoms with Crippen LogP contribution in [0.15, 0.2) is 42.6 Å². The van der Waals surface area contributed by atoms with E-state index in [1.165, 1.54) is 6.92 Å². The zero-order valence-electron chi connectivity index (χ0n) is 17.3. The number of nitrogens with zero attached hydrogens (tertiary/aromatic N) is 3. The Hall–Kier alpha value is -3.02. The molecule has 1 amide bonds. The molecule has 6 nitrogen and oxygen atoms in total. The van der Waals surface area contributed by atoms with Crippen molar-refractivity contribution >= 4 is 28.5 Å². The largest absolute Gasteiger partial charge is 0.326 e. The van der Waals surface area contributed by atoms with Gasteiger partial charge in [0, 0.05) is 36.8 Å². The van der Waals surface area contributed by atoms with Crippen molar-refractivity contribution in [3.05, 3.63) is 54.0 Å². The van der Waals surface area contributed by atoms with Crippen LogP contribution in [0.2, 0.25) is 0 Å². The molecule has 0 aliphatic heterocycles. The number of nitrogens with one attached hydrogen (secondary N) is 1. The quantitative estimate of drug-likeness (QED) is 0.538. The van der Waals surface area contributed by atoms with Gasteiger partial charge in [-0.3, -0.25) is 9.59 Å². The molecule has 0 fully saturated rings. The van der Waals surface area contributed by atoms with Crippen molar-refractivity contribution in [3.8, 4) is 0 Å². The maximum Gasteiger partial charge on any atom is 0.224 e. The number of anilines is 1. The lowest BCUT2D eigenvalue weighted by Crippen LogP contribution is -2.13. The number of ketones is 1. The molecule has 3 rings (SSSR count). The lowest BCUT2D eigenvalue weighted by molar-refractivity contribution is -0.116. The van der Waals surface area contributed by atoms with Crippen LogP contribution in [-0.2, 0) is 17.8 Å². The molecule has 0 bridgehead atoms. The molecule has 29 heavy (non-hydrogen) atoms. The average Bonchev–Trinajstić information content (AvgIpc) is 3.04. The van der Waals surface area contributed by atoms with Gasteiger partial charge in [-0.1, -0.05) is 13.8 Å². The summed E-state index contributed by atoms with van der Waals surface area (Å²) >= 11 is 0. The highest BCUT2D eigenvalue weighted by molar-refractivity contribution is 5.95. The van der Waals surface area contributed by atoms with Gasteiger partial charge in [0.15, 0.2) is 11.4 Å². The van der Waals surface area contributed by atoms with Crippen molar-refractivity contribution in [2.45, 2.75) is 53.0 Å². The van der Waals surface area contributed by atoms with Gasteiger partial charge in [0.25, 0.3) is 0 Å². The van der Waals surface area contributed by atoms with Gasteiger partial charge in [-0.15, -0.1) is 0 Å². The second-order valence-electron chi connectivity index (χ2n) is 7.74. The molecule has 0 spiro atoms. The Labute approximate surface area is 171 Å². The van der Waals surface area contributed by atoms with E-state index in [1.54, 1.807) is 30.5 Å². The van der Waals surface area contributed by atoms with Gasteiger partial charge >= 0.3 is 0 Å². The Kier molecular flexibility index (Phi) is 6.75. The van der Waals surface area contributed by atoms with Gasteiger partial charge in [0.05, 0.1) is 0 Å². The average molecular weight is 393 g/mol. The summed E-state index contributed by atoms with van der Waals surface area (Å²) in [6, 6.07) is 10.8. The number of imidazole rings is 1. The summed E-state index contributed by atoms with van der Waals surface area (Å²) in [6.45, 7) is 6.83. The standard InChI is InChI=1S/C23H28N4O2/c1-16(2)13-15-27-21(26-20-6-5-14-24-23(20)27)7-4-8-22(29)25-19-11-9-18(10-12-19)17(3)28/h5-6,9-12,14,16H,4,7-8,13,15H2,1-3H3,(H,25,29). The molecular formula is C23H28N4O2. The molecule has 2 heterocycles. The van der Waals surface area contributed by atoms with Crippen LogP contribution in [0.5, 0.6) is 0 Å². The van der Waals surface area contributed by atoms with E-state index in [0.29, 0.717) is 30.0 Å². The fourth-order valence-electron chi connectivity index (χ4n) is 3.24. The van der Waals surface area contributed by atoms with Crippen molar-refractivity contribution < 1.29 is 9.59 Å². The van der Waals surface area contributed by atoms with E-state index < -0.39 is 0 Å². The summed E-state index contributed by atoms with van der Waals surface area (Å²) < 4.78 is 2.19. The first-order valence-electron chi connectivity index (χ1n) is 10.1. The maximum atomic E-state index is 12.3. The van der Waals surface area contributed by atoms with Crippen LogP contribution in [0.4, 0.5) is 5.69 Å².